The van der Waals surface area contributed by atoms with E-state index in [-0.39, 0.29) is 18.1 Å². The van der Waals surface area contributed by atoms with Crippen LogP contribution < -0.4 is 16.0 Å². The monoisotopic (exact) mass is 395 g/mol. The molecule has 0 unspecified atom stereocenters. The molecule has 0 aromatic heterocycles. The molecule has 0 aliphatic carbocycles. The van der Waals surface area contributed by atoms with Gasteiger partial charge in [-0.1, -0.05) is 12.1 Å². The highest BCUT2D eigenvalue weighted by atomic mass is 19.4. The van der Waals surface area contributed by atoms with Crippen LogP contribution in [0.2, 0.25) is 0 Å². The molecule has 150 valence electrons. The predicted molar refractivity (Wildman–Crippen MR) is 99.2 cm³/mol. The van der Waals surface area contributed by atoms with Gasteiger partial charge in [0.25, 0.3) is 5.91 Å². The molecule has 0 bridgehead atoms. The fourth-order valence-corrected chi connectivity index (χ4v) is 2.30. The summed E-state index contributed by atoms with van der Waals surface area (Å²) in [5.41, 5.74) is 0.135. The minimum atomic E-state index is -4.48. The molecule has 0 atom stereocenters. The molecule has 0 aliphatic rings. The van der Waals surface area contributed by atoms with E-state index in [9.17, 15) is 22.8 Å². The number of methoxy groups -OCH3 is 1. The van der Waals surface area contributed by atoms with Crippen LogP contribution >= 0.6 is 0 Å². The smallest absolute Gasteiger partial charge is 0.383 e. The van der Waals surface area contributed by atoms with E-state index < -0.39 is 17.6 Å². The summed E-state index contributed by atoms with van der Waals surface area (Å²) in [5.74, 6) is -0.802. The van der Waals surface area contributed by atoms with Gasteiger partial charge in [0.2, 0.25) is 5.91 Å². The van der Waals surface area contributed by atoms with Crippen LogP contribution in [0.15, 0.2) is 48.5 Å². The predicted octanol–water partition coefficient (Wildman–Crippen LogP) is 3.13. The van der Waals surface area contributed by atoms with Crippen LogP contribution in [0.1, 0.15) is 15.9 Å². The van der Waals surface area contributed by atoms with Crippen LogP contribution in [0, 0.1) is 0 Å². The van der Waals surface area contributed by atoms with Crippen LogP contribution in [-0.4, -0.2) is 38.6 Å². The first-order valence-corrected chi connectivity index (χ1v) is 8.38. The van der Waals surface area contributed by atoms with Crippen molar-refractivity contribution in [3.8, 4) is 0 Å². The van der Waals surface area contributed by atoms with E-state index in [1.807, 2.05) is 0 Å². The number of nitrogens with one attached hydrogen (secondary N) is 3. The number of carbonyl (C=O) groups excluding carboxylic acids is 2. The van der Waals surface area contributed by atoms with Gasteiger partial charge in [0.1, 0.15) is 0 Å². The van der Waals surface area contributed by atoms with Crippen LogP contribution in [0.5, 0.6) is 0 Å². The summed E-state index contributed by atoms with van der Waals surface area (Å²) in [6.07, 6.45) is -4.48. The third kappa shape index (κ3) is 6.58. The maximum absolute atomic E-state index is 12.7. The molecule has 0 spiro atoms. The molecule has 2 aromatic rings. The fraction of sp³-hybridized carbons (Fsp3) is 0.263. The average molecular weight is 395 g/mol. The SMILES string of the molecule is COCCNC(=O)c1cccc(NCC(=O)Nc2cccc(C(F)(F)F)c2)c1. The molecule has 28 heavy (non-hydrogen) atoms. The maximum Gasteiger partial charge on any atom is 0.416 e. The second kappa shape index (κ2) is 9.75. The van der Waals surface area contributed by atoms with E-state index in [4.69, 9.17) is 4.74 Å². The van der Waals surface area contributed by atoms with Crippen molar-refractivity contribution in [2.75, 3.05) is 37.4 Å². The van der Waals surface area contributed by atoms with E-state index >= 15 is 0 Å². The van der Waals surface area contributed by atoms with Gasteiger partial charge in [-0.2, -0.15) is 13.2 Å². The highest BCUT2D eigenvalue weighted by Crippen LogP contribution is 2.30. The number of ether oxygens (including phenoxy) is 1. The molecule has 2 aromatic carbocycles. The van der Waals surface area contributed by atoms with Crippen LogP contribution in [-0.2, 0) is 15.7 Å². The molecule has 0 heterocycles. The lowest BCUT2D eigenvalue weighted by molar-refractivity contribution is -0.137. The van der Waals surface area contributed by atoms with Gasteiger partial charge in [-0.15, -0.1) is 0 Å². The zero-order valence-corrected chi connectivity index (χ0v) is 15.1. The van der Waals surface area contributed by atoms with E-state index in [0.29, 0.717) is 24.4 Å². The number of rotatable bonds is 8. The zero-order chi connectivity index (χ0) is 20.6. The first-order chi connectivity index (χ1) is 13.3. The molecule has 2 amide bonds. The number of hydrogen-bond acceptors (Lipinski definition) is 4. The first kappa shape index (κ1) is 21.2. The van der Waals surface area contributed by atoms with Crippen molar-refractivity contribution in [3.05, 3.63) is 59.7 Å². The normalized spacial score (nSPS) is 11.0. The first-order valence-electron chi connectivity index (χ1n) is 8.38. The van der Waals surface area contributed by atoms with Gasteiger partial charge in [0.15, 0.2) is 0 Å². The summed E-state index contributed by atoms with van der Waals surface area (Å²) < 4.78 is 43.0. The Balaban J connectivity index is 1.91. The van der Waals surface area contributed by atoms with E-state index in [1.54, 1.807) is 24.3 Å². The molecule has 0 fully saturated rings. The molecule has 6 nitrogen and oxygen atoms in total. The summed E-state index contributed by atoms with van der Waals surface area (Å²) >= 11 is 0. The van der Waals surface area contributed by atoms with Gasteiger partial charge in [0.05, 0.1) is 18.7 Å². The van der Waals surface area contributed by atoms with E-state index in [0.717, 1.165) is 12.1 Å². The van der Waals surface area contributed by atoms with Gasteiger partial charge in [0, 0.05) is 30.6 Å². The summed E-state index contributed by atoms with van der Waals surface area (Å²) in [7, 11) is 1.53. The zero-order valence-electron chi connectivity index (χ0n) is 15.1. The van der Waals surface area contributed by atoms with Crippen molar-refractivity contribution in [2.24, 2.45) is 0 Å². The second-order valence-electron chi connectivity index (χ2n) is 5.81. The number of alkyl halides is 3. The fourth-order valence-electron chi connectivity index (χ4n) is 2.30. The molecule has 0 radical (unpaired) electrons. The van der Waals surface area contributed by atoms with Crippen molar-refractivity contribution in [2.45, 2.75) is 6.18 Å². The summed E-state index contributed by atoms with van der Waals surface area (Å²) in [6, 6.07) is 10.9. The molecular weight excluding hydrogens is 375 g/mol. The molecule has 9 heteroatoms. The Hall–Kier alpha value is -3.07. The molecule has 3 N–H and O–H groups in total. The Bertz CT molecular complexity index is 825. The summed E-state index contributed by atoms with van der Waals surface area (Å²) in [4.78, 5) is 24.0. The van der Waals surface area contributed by atoms with Gasteiger partial charge < -0.3 is 20.7 Å². The van der Waals surface area contributed by atoms with Gasteiger partial charge in [-0.25, -0.2) is 0 Å². The average Bonchev–Trinajstić information content (AvgIpc) is 2.66. The Labute approximate surface area is 160 Å². The van der Waals surface area contributed by atoms with Crippen LogP contribution in [0.4, 0.5) is 24.5 Å². The van der Waals surface area contributed by atoms with Crippen LogP contribution in [0.25, 0.3) is 0 Å². The minimum Gasteiger partial charge on any atom is -0.383 e. The number of hydrogen-bond donors (Lipinski definition) is 3. The summed E-state index contributed by atoms with van der Waals surface area (Å²) in [5, 5.41) is 7.91. The lowest BCUT2D eigenvalue weighted by Crippen LogP contribution is -2.27. The minimum absolute atomic E-state index is 0.0490. The number of anilines is 2. The molecule has 0 saturated carbocycles. The largest absolute Gasteiger partial charge is 0.416 e. The van der Waals surface area contributed by atoms with E-state index in [1.165, 1.54) is 19.2 Å². The van der Waals surface area contributed by atoms with Crippen molar-refractivity contribution < 1.29 is 27.5 Å². The number of carbonyl (C=O) groups is 2. The highest BCUT2D eigenvalue weighted by molar-refractivity contribution is 5.96. The molecule has 2 rings (SSSR count). The summed E-state index contributed by atoms with van der Waals surface area (Å²) in [6.45, 7) is 0.580. The lowest BCUT2D eigenvalue weighted by Gasteiger charge is -2.11. The van der Waals surface area contributed by atoms with Crippen LogP contribution in [0.3, 0.4) is 0 Å². The maximum atomic E-state index is 12.7. The standard InChI is InChI=1S/C19H20F3N3O3/c1-28-9-8-23-18(27)13-4-2-6-15(10-13)24-12-17(26)25-16-7-3-5-14(11-16)19(20,21)22/h2-7,10-11,24H,8-9,12H2,1H3,(H,23,27)(H,25,26). The molecule has 0 saturated heterocycles. The Morgan fingerprint density at radius 3 is 2.46 bits per heavy atom. The van der Waals surface area contributed by atoms with Crippen molar-refractivity contribution >= 4 is 23.2 Å². The Kier molecular flexibility index (Phi) is 7.39. The topological polar surface area (TPSA) is 79.5 Å². The molecular formula is C19H20F3N3O3. The van der Waals surface area contributed by atoms with Gasteiger partial charge >= 0.3 is 6.18 Å². The molecule has 0 aliphatic heterocycles. The van der Waals surface area contributed by atoms with E-state index in [2.05, 4.69) is 16.0 Å². The van der Waals surface area contributed by atoms with Gasteiger partial charge in [-0.3, -0.25) is 9.59 Å². The van der Waals surface area contributed by atoms with Crippen molar-refractivity contribution in [3.63, 3.8) is 0 Å². The third-order valence-electron chi connectivity index (χ3n) is 3.64. The second-order valence-corrected chi connectivity index (χ2v) is 5.81. The Morgan fingerprint density at radius 2 is 1.75 bits per heavy atom. The van der Waals surface area contributed by atoms with Gasteiger partial charge in [-0.05, 0) is 36.4 Å². The Morgan fingerprint density at radius 1 is 1.04 bits per heavy atom. The number of amides is 2. The quantitative estimate of drug-likeness (QED) is 0.600. The number of benzene rings is 2. The number of halogens is 3. The third-order valence-corrected chi connectivity index (χ3v) is 3.64. The lowest BCUT2D eigenvalue weighted by atomic mass is 10.2. The van der Waals surface area contributed by atoms with Crippen molar-refractivity contribution in [1.82, 2.24) is 5.32 Å². The van der Waals surface area contributed by atoms with Crippen molar-refractivity contribution in [1.29, 1.82) is 0 Å². The highest BCUT2D eigenvalue weighted by Gasteiger charge is 2.30.